The summed E-state index contributed by atoms with van der Waals surface area (Å²) in [4.78, 5) is 18.7. The molecule has 2 unspecified atom stereocenters. The van der Waals surface area contributed by atoms with Gasteiger partial charge >= 0.3 is 0 Å². The average Bonchev–Trinajstić information content (AvgIpc) is 2.33. The number of nitrogens with zero attached hydrogens (tertiary/aromatic N) is 1. The predicted molar refractivity (Wildman–Crippen MR) is 70.2 cm³/mol. The third kappa shape index (κ3) is 2.41. The van der Waals surface area contributed by atoms with Gasteiger partial charge in [-0.15, -0.1) is 0 Å². The van der Waals surface area contributed by atoms with Gasteiger partial charge in [0.25, 0.3) is 5.56 Å². The number of rotatable bonds is 3. The molecule has 1 aromatic rings. The summed E-state index contributed by atoms with van der Waals surface area (Å²) in [5.74, 6) is 1.20. The third-order valence-electron chi connectivity index (χ3n) is 3.63. The lowest BCUT2D eigenvalue weighted by Crippen LogP contribution is -2.38. The molecule has 3 N–H and O–H groups in total. The Balaban J connectivity index is 2.39. The molecule has 2 rings (SSSR count). The molecular formula is C13H21N3O2. The van der Waals surface area contributed by atoms with Gasteiger partial charge in [-0.3, -0.25) is 4.79 Å². The van der Waals surface area contributed by atoms with Crippen LogP contribution in [0.25, 0.3) is 0 Å². The number of nitrogens with one attached hydrogen (secondary N) is 1. The van der Waals surface area contributed by atoms with Crippen molar-refractivity contribution >= 4 is 5.69 Å². The maximum absolute atomic E-state index is 11.6. The number of hydrogen-bond donors (Lipinski definition) is 2. The van der Waals surface area contributed by atoms with Crippen molar-refractivity contribution in [1.82, 2.24) is 9.97 Å². The van der Waals surface area contributed by atoms with Crippen LogP contribution in [0, 0.1) is 5.92 Å². The second-order valence-electron chi connectivity index (χ2n) is 5.15. The van der Waals surface area contributed by atoms with Crippen LogP contribution in [-0.4, -0.2) is 16.6 Å². The van der Waals surface area contributed by atoms with Gasteiger partial charge in [0.2, 0.25) is 0 Å². The van der Waals surface area contributed by atoms with Gasteiger partial charge in [-0.2, -0.15) is 0 Å². The third-order valence-corrected chi connectivity index (χ3v) is 3.63. The van der Waals surface area contributed by atoms with Crippen LogP contribution in [0.5, 0.6) is 0 Å². The molecule has 0 aromatic carbocycles. The van der Waals surface area contributed by atoms with Crippen LogP contribution in [0.1, 0.15) is 45.4 Å². The predicted octanol–water partition coefficient (Wildman–Crippen LogP) is 1.79. The van der Waals surface area contributed by atoms with Crippen molar-refractivity contribution in [3.63, 3.8) is 0 Å². The van der Waals surface area contributed by atoms with E-state index in [1.165, 1.54) is 12.6 Å². The first kappa shape index (κ1) is 13.1. The summed E-state index contributed by atoms with van der Waals surface area (Å²) in [5.41, 5.74) is 4.94. The van der Waals surface area contributed by atoms with Gasteiger partial charge in [-0.25, -0.2) is 4.98 Å². The molecule has 1 fully saturated rings. The Morgan fingerprint density at radius 1 is 1.67 bits per heavy atom. The van der Waals surface area contributed by atoms with E-state index >= 15 is 0 Å². The van der Waals surface area contributed by atoms with Crippen LogP contribution in [0.3, 0.4) is 0 Å². The van der Waals surface area contributed by atoms with E-state index in [9.17, 15) is 4.79 Å². The molecule has 1 aliphatic rings. The highest BCUT2D eigenvalue weighted by molar-refractivity contribution is 5.31. The summed E-state index contributed by atoms with van der Waals surface area (Å²) >= 11 is 0. The van der Waals surface area contributed by atoms with Gasteiger partial charge in [0.1, 0.15) is 17.1 Å². The number of anilines is 1. The zero-order chi connectivity index (χ0) is 13.2. The molecule has 100 valence electrons. The lowest BCUT2D eigenvalue weighted by atomic mass is 9.78. The van der Waals surface area contributed by atoms with Gasteiger partial charge in [0.05, 0.1) is 6.20 Å². The van der Waals surface area contributed by atoms with Crippen molar-refractivity contribution in [3.05, 3.63) is 22.4 Å². The second kappa shape index (κ2) is 5.10. The first-order valence-electron chi connectivity index (χ1n) is 6.56. The molecule has 0 radical (unpaired) electrons. The van der Waals surface area contributed by atoms with E-state index in [2.05, 4.69) is 16.9 Å². The van der Waals surface area contributed by atoms with E-state index in [0.717, 1.165) is 19.3 Å². The van der Waals surface area contributed by atoms with Gasteiger partial charge in [-0.05, 0) is 32.1 Å². The fourth-order valence-electron chi connectivity index (χ4n) is 2.83. The number of aromatic amines is 1. The normalized spacial score (nSPS) is 28.2. The molecule has 18 heavy (non-hydrogen) atoms. The lowest BCUT2D eigenvalue weighted by Gasteiger charge is -2.38. The summed E-state index contributed by atoms with van der Waals surface area (Å²) in [6, 6.07) is 0. The smallest absolute Gasteiger partial charge is 0.274 e. The van der Waals surface area contributed by atoms with Crippen LogP contribution < -0.4 is 11.3 Å². The molecule has 0 amide bonds. The largest absolute Gasteiger partial charge is 0.393 e. The summed E-state index contributed by atoms with van der Waals surface area (Å²) < 4.78 is 5.95. The fourth-order valence-corrected chi connectivity index (χ4v) is 2.83. The van der Waals surface area contributed by atoms with Gasteiger partial charge < -0.3 is 15.5 Å². The maximum atomic E-state index is 11.6. The number of nitrogens with two attached hydrogens (primary N) is 1. The number of ether oxygens (including phenoxy) is 1. The van der Waals surface area contributed by atoms with Crippen LogP contribution in [-0.2, 0) is 10.3 Å². The Labute approximate surface area is 107 Å². The molecule has 2 atom stereocenters. The van der Waals surface area contributed by atoms with E-state index in [-0.39, 0.29) is 11.2 Å². The zero-order valence-corrected chi connectivity index (χ0v) is 11.0. The van der Waals surface area contributed by atoms with E-state index in [4.69, 9.17) is 10.5 Å². The summed E-state index contributed by atoms with van der Waals surface area (Å²) in [6.45, 7) is 4.79. The second-order valence-corrected chi connectivity index (χ2v) is 5.15. The Morgan fingerprint density at radius 3 is 3.06 bits per heavy atom. The molecular weight excluding hydrogens is 230 g/mol. The maximum Gasteiger partial charge on any atom is 0.274 e. The number of aromatic nitrogens is 2. The molecule has 1 heterocycles. The number of hydrogen-bond acceptors (Lipinski definition) is 4. The van der Waals surface area contributed by atoms with Crippen molar-refractivity contribution in [1.29, 1.82) is 0 Å². The minimum absolute atomic E-state index is 0.147. The topological polar surface area (TPSA) is 81.0 Å². The fraction of sp³-hybridized carbons (Fsp3) is 0.692. The van der Waals surface area contributed by atoms with Gasteiger partial charge in [0.15, 0.2) is 0 Å². The van der Waals surface area contributed by atoms with Crippen LogP contribution in [0.15, 0.2) is 11.0 Å². The van der Waals surface area contributed by atoms with Crippen molar-refractivity contribution in [2.45, 2.75) is 45.1 Å². The Kier molecular flexibility index (Phi) is 3.71. The number of H-pyrrole nitrogens is 1. The number of nitrogen functional groups attached to an aromatic ring is 1. The standard InChI is InChI=1S/C13H21N3O2/c1-3-18-13(6-4-5-9(2)7-13)12-15-8-10(14)11(17)16-12/h8-9H,3-7,14H2,1-2H3,(H,15,16,17). The minimum atomic E-state index is -0.445. The van der Waals surface area contributed by atoms with Crippen LogP contribution in [0.2, 0.25) is 0 Å². The molecule has 1 aromatic heterocycles. The first-order chi connectivity index (χ1) is 8.57. The minimum Gasteiger partial charge on any atom is -0.393 e. The van der Waals surface area contributed by atoms with Crippen molar-refractivity contribution in [2.24, 2.45) is 5.92 Å². The SMILES string of the molecule is CCOC1(c2ncc(N)c(=O)[nH]2)CCCC(C)C1. The monoisotopic (exact) mass is 251 g/mol. The van der Waals surface area contributed by atoms with E-state index in [1.54, 1.807) is 0 Å². The zero-order valence-electron chi connectivity index (χ0n) is 11.0. The van der Waals surface area contributed by atoms with Gasteiger partial charge in [-0.1, -0.05) is 13.3 Å². The van der Waals surface area contributed by atoms with Crippen molar-refractivity contribution in [2.75, 3.05) is 12.3 Å². The highest BCUT2D eigenvalue weighted by Gasteiger charge is 2.39. The van der Waals surface area contributed by atoms with Crippen LogP contribution in [0.4, 0.5) is 5.69 Å². The molecule has 0 aliphatic heterocycles. The van der Waals surface area contributed by atoms with E-state index in [0.29, 0.717) is 18.3 Å². The quantitative estimate of drug-likeness (QED) is 0.858. The highest BCUT2D eigenvalue weighted by Crippen LogP contribution is 2.41. The molecule has 5 nitrogen and oxygen atoms in total. The summed E-state index contributed by atoms with van der Waals surface area (Å²) in [7, 11) is 0. The molecule has 5 heteroatoms. The average molecular weight is 251 g/mol. The Bertz CT molecular complexity index is 468. The Morgan fingerprint density at radius 2 is 2.44 bits per heavy atom. The lowest BCUT2D eigenvalue weighted by molar-refractivity contribution is -0.0882. The molecule has 0 bridgehead atoms. The Hall–Kier alpha value is -1.36. The van der Waals surface area contributed by atoms with Crippen molar-refractivity contribution in [3.8, 4) is 0 Å². The van der Waals surface area contributed by atoms with Crippen molar-refractivity contribution < 1.29 is 4.74 Å². The highest BCUT2D eigenvalue weighted by atomic mass is 16.5. The molecule has 1 saturated carbocycles. The molecule has 0 spiro atoms. The van der Waals surface area contributed by atoms with Crippen LogP contribution >= 0.6 is 0 Å². The van der Waals surface area contributed by atoms with E-state index < -0.39 is 5.60 Å². The summed E-state index contributed by atoms with van der Waals surface area (Å²) in [5, 5.41) is 0. The molecule has 0 saturated heterocycles. The first-order valence-corrected chi connectivity index (χ1v) is 6.56. The van der Waals surface area contributed by atoms with E-state index in [1.807, 2.05) is 6.92 Å². The van der Waals surface area contributed by atoms with Gasteiger partial charge in [0, 0.05) is 6.61 Å². The molecule has 1 aliphatic carbocycles. The summed E-state index contributed by atoms with van der Waals surface area (Å²) in [6.07, 6.45) is 5.52.